The monoisotopic (exact) mass is 214 g/mol. The van der Waals surface area contributed by atoms with Gasteiger partial charge in [-0.2, -0.15) is 13.2 Å². The minimum Gasteiger partial charge on any atom is -0.325 e. The van der Waals surface area contributed by atoms with E-state index >= 15 is 0 Å². The molecule has 14 heavy (non-hydrogen) atoms. The Balaban J connectivity index is 2.52. The summed E-state index contributed by atoms with van der Waals surface area (Å²) < 4.78 is 48.8. The van der Waals surface area contributed by atoms with E-state index in [0.29, 0.717) is 19.5 Å². The molecule has 0 aromatic rings. The fourth-order valence-corrected chi connectivity index (χ4v) is 1.74. The molecule has 0 radical (unpaired) electrons. The normalized spacial score (nSPS) is 29.1. The minimum absolute atomic E-state index is 0.392. The van der Waals surface area contributed by atoms with Crippen molar-refractivity contribution >= 4 is 0 Å². The Morgan fingerprint density at radius 3 is 2.36 bits per heavy atom. The van der Waals surface area contributed by atoms with E-state index in [1.165, 1.54) is 0 Å². The summed E-state index contributed by atoms with van der Waals surface area (Å²) in [6.07, 6.45) is -7.20. The van der Waals surface area contributed by atoms with E-state index in [1.54, 1.807) is 7.05 Å². The lowest BCUT2D eigenvalue weighted by atomic mass is 9.95. The predicted molar refractivity (Wildman–Crippen MR) is 44.5 cm³/mol. The van der Waals surface area contributed by atoms with Gasteiger partial charge >= 0.3 is 6.18 Å². The Morgan fingerprint density at radius 1 is 1.43 bits per heavy atom. The van der Waals surface area contributed by atoms with Crippen LogP contribution in [0.2, 0.25) is 0 Å². The highest BCUT2D eigenvalue weighted by molar-refractivity contribution is 4.89. The Kier molecular flexibility index (Phi) is 3.36. The Morgan fingerprint density at radius 2 is 2.00 bits per heavy atom. The van der Waals surface area contributed by atoms with Gasteiger partial charge in [0.25, 0.3) is 0 Å². The largest absolute Gasteiger partial charge is 0.421 e. The van der Waals surface area contributed by atoms with E-state index in [4.69, 9.17) is 5.73 Å². The van der Waals surface area contributed by atoms with Crippen molar-refractivity contribution in [3.05, 3.63) is 0 Å². The third-order valence-electron chi connectivity index (χ3n) is 2.62. The van der Waals surface area contributed by atoms with Crippen LogP contribution >= 0.6 is 0 Å². The van der Waals surface area contributed by atoms with Crippen molar-refractivity contribution in [3.8, 4) is 0 Å². The smallest absolute Gasteiger partial charge is 0.325 e. The van der Waals surface area contributed by atoms with E-state index in [9.17, 15) is 17.6 Å². The first-order valence-electron chi connectivity index (χ1n) is 4.47. The zero-order valence-electron chi connectivity index (χ0n) is 7.89. The number of alkyl halides is 4. The number of halogens is 4. The van der Waals surface area contributed by atoms with Crippen molar-refractivity contribution in [3.63, 3.8) is 0 Å². The van der Waals surface area contributed by atoms with Crippen LogP contribution in [0.4, 0.5) is 17.6 Å². The Labute approximate surface area is 80.0 Å². The molecular formula is C8H14F4N2. The van der Waals surface area contributed by atoms with E-state index in [2.05, 4.69) is 0 Å². The maximum atomic E-state index is 12.8. The second kappa shape index (κ2) is 4.02. The minimum atomic E-state index is -4.83. The fourth-order valence-electron chi connectivity index (χ4n) is 1.74. The molecule has 1 aliphatic rings. The average molecular weight is 214 g/mol. The van der Waals surface area contributed by atoms with Gasteiger partial charge in [-0.05, 0) is 25.9 Å². The maximum absolute atomic E-state index is 12.8. The SMILES string of the molecule is CN1CCC(C(N)C(F)C(F)(F)F)C1. The topological polar surface area (TPSA) is 29.3 Å². The van der Waals surface area contributed by atoms with E-state index in [1.807, 2.05) is 4.90 Å². The first kappa shape index (κ1) is 11.7. The Hall–Kier alpha value is -0.360. The van der Waals surface area contributed by atoms with Crippen LogP contribution in [-0.2, 0) is 0 Å². The van der Waals surface area contributed by atoms with Crippen molar-refractivity contribution in [1.29, 1.82) is 0 Å². The molecule has 0 saturated carbocycles. The van der Waals surface area contributed by atoms with Gasteiger partial charge < -0.3 is 10.6 Å². The second-order valence-electron chi connectivity index (χ2n) is 3.83. The molecule has 1 rings (SSSR count). The molecule has 6 heteroatoms. The third-order valence-corrected chi connectivity index (χ3v) is 2.62. The molecule has 84 valence electrons. The van der Waals surface area contributed by atoms with Gasteiger partial charge in [-0.3, -0.25) is 0 Å². The average Bonchev–Trinajstić information content (AvgIpc) is 2.47. The van der Waals surface area contributed by atoms with E-state index < -0.39 is 24.3 Å². The zero-order chi connectivity index (χ0) is 10.9. The molecule has 0 bridgehead atoms. The molecule has 1 aliphatic heterocycles. The van der Waals surface area contributed by atoms with Crippen molar-refractivity contribution in [1.82, 2.24) is 4.90 Å². The number of nitrogens with zero attached hydrogens (tertiary/aromatic N) is 1. The van der Waals surface area contributed by atoms with Crippen molar-refractivity contribution in [2.75, 3.05) is 20.1 Å². The van der Waals surface area contributed by atoms with Crippen LogP contribution in [0.5, 0.6) is 0 Å². The van der Waals surface area contributed by atoms with Gasteiger partial charge in [-0.15, -0.1) is 0 Å². The number of likely N-dealkylation sites (tertiary alicyclic amines) is 1. The highest BCUT2D eigenvalue weighted by atomic mass is 19.4. The molecule has 1 heterocycles. The maximum Gasteiger partial charge on any atom is 0.421 e. The third kappa shape index (κ3) is 2.57. The fraction of sp³-hybridized carbons (Fsp3) is 1.00. The van der Waals surface area contributed by atoms with Crippen LogP contribution in [0.3, 0.4) is 0 Å². The molecular weight excluding hydrogens is 200 g/mol. The molecule has 0 aromatic heterocycles. The molecule has 3 atom stereocenters. The first-order valence-corrected chi connectivity index (χ1v) is 4.47. The zero-order valence-corrected chi connectivity index (χ0v) is 7.89. The lowest BCUT2D eigenvalue weighted by Gasteiger charge is -2.24. The second-order valence-corrected chi connectivity index (χ2v) is 3.83. The van der Waals surface area contributed by atoms with Gasteiger partial charge in [0.2, 0.25) is 6.17 Å². The summed E-state index contributed by atoms with van der Waals surface area (Å²) in [5, 5.41) is 0. The molecule has 0 amide bonds. The van der Waals surface area contributed by atoms with E-state index in [-0.39, 0.29) is 0 Å². The van der Waals surface area contributed by atoms with Crippen LogP contribution in [0.25, 0.3) is 0 Å². The van der Waals surface area contributed by atoms with Crippen LogP contribution in [0.15, 0.2) is 0 Å². The number of rotatable bonds is 2. The standard InChI is InChI=1S/C8H14F4N2/c1-14-3-2-5(4-14)6(13)7(9)8(10,11)12/h5-7H,2-4,13H2,1H3. The van der Waals surface area contributed by atoms with Gasteiger partial charge in [0.15, 0.2) is 0 Å². The van der Waals surface area contributed by atoms with Crippen LogP contribution in [0, 0.1) is 5.92 Å². The number of nitrogens with two attached hydrogens (primary N) is 1. The van der Waals surface area contributed by atoms with Crippen molar-refractivity contribution in [2.24, 2.45) is 11.7 Å². The van der Waals surface area contributed by atoms with Crippen LogP contribution in [-0.4, -0.2) is 43.4 Å². The summed E-state index contributed by atoms with van der Waals surface area (Å²) in [4.78, 5) is 1.85. The predicted octanol–water partition coefficient (Wildman–Crippen LogP) is 1.17. The molecule has 0 spiro atoms. The molecule has 2 nitrogen and oxygen atoms in total. The summed E-state index contributed by atoms with van der Waals surface area (Å²) in [7, 11) is 1.79. The van der Waals surface area contributed by atoms with E-state index in [0.717, 1.165) is 0 Å². The summed E-state index contributed by atoms with van der Waals surface area (Å²) in [5.74, 6) is -0.392. The summed E-state index contributed by atoms with van der Waals surface area (Å²) in [6, 6.07) is -1.43. The van der Waals surface area contributed by atoms with Crippen molar-refractivity contribution in [2.45, 2.75) is 24.8 Å². The molecule has 1 fully saturated rings. The lowest BCUT2D eigenvalue weighted by molar-refractivity contribution is -0.188. The van der Waals surface area contributed by atoms with Gasteiger partial charge in [0.05, 0.1) is 0 Å². The van der Waals surface area contributed by atoms with Gasteiger partial charge in [-0.25, -0.2) is 4.39 Å². The van der Waals surface area contributed by atoms with Gasteiger partial charge in [0, 0.05) is 12.6 Å². The molecule has 0 aromatic carbocycles. The number of hydrogen-bond acceptors (Lipinski definition) is 2. The molecule has 1 saturated heterocycles. The molecule has 3 unspecified atom stereocenters. The first-order chi connectivity index (χ1) is 6.32. The number of hydrogen-bond donors (Lipinski definition) is 1. The molecule has 2 N–H and O–H groups in total. The summed E-state index contributed by atoms with van der Waals surface area (Å²) in [5.41, 5.74) is 5.25. The van der Waals surface area contributed by atoms with Crippen LogP contribution in [0.1, 0.15) is 6.42 Å². The lowest BCUT2D eigenvalue weighted by Crippen LogP contribution is -2.47. The van der Waals surface area contributed by atoms with Gasteiger partial charge in [-0.1, -0.05) is 0 Å². The van der Waals surface area contributed by atoms with Crippen molar-refractivity contribution < 1.29 is 17.6 Å². The Bertz CT molecular complexity index is 194. The molecule has 0 aliphatic carbocycles. The summed E-state index contributed by atoms with van der Waals surface area (Å²) >= 11 is 0. The summed E-state index contributed by atoms with van der Waals surface area (Å²) in [6.45, 7) is 1.13. The van der Waals surface area contributed by atoms with Crippen LogP contribution < -0.4 is 5.73 Å². The highest BCUT2D eigenvalue weighted by Gasteiger charge is 2.47. The quantitative estimate of drug-likeness (QED) is 0.699. The van der Waals surface area contributed by atoms with Gasteiger partial charge in [0.1, 0.15) is 0 Å². The highest BCUT2D eigenvalue weighted by Crippen LogP contribution is 2.30.